The number of imidazole rings is 1. The molecule has 0 aliphatic carbocycles. The number of fused-ring (bicyclic) bond motifs is 1. The molecule has 0 N–H and O–H groups in total. The second-order valence-electron chi connectivity index (χ2n) is 8.19. The van der Waals surface area contributed by atoms with Crippen LogP contribution in [0.1, 0.15) is 34.2 Å². The number of ether oxygens (including phenoxy) is 2. The van der Waals surface area contributed by atoms with Crippen LogP contribution in [0, 0.1) is 0 Å². The smallest absolute Gasteiger partial charge is 0.338 e. The maximum absolute atomic E-state index is 12.2. The van der Waals surface area contributed by atoms with Crippen molar-refractivity contribution in [2.24, 2.45) is 0 Å². The van der Waals surface area contributed by atoms with Crippen LogP contribution in [0.4, 0.5) is 0 Å². The number of furan rings is 1. The number of carbonyl (C=O) groups is 1. The lowest BCUT2D eigenvalue weighted by Crippen LogP contribution is -2.04. The summed E-state index contributed by atoms with van der Waals surface area (Å²) < 4.78 is 18.8. The summed E-state index contributed by atoms with van der Waals surface area (Å²) in [5.74, 6) is 2.07. The maximum atomic E-state index is 12.2. The van der Waals surface area contributed by atoms with Crippen molar-refractivity contribution in [1.82, 2.24) is 9.55 Å². The molecular weight excluding hydrogens is 472 g/mol. The van der Waals surface area contributed by atoms with Gasteiger partial charge in [-0.3, -0.25) is 0 Å². The summed E-state index contributed by atoms with van der Waals surface area (Å²) in [6.45, 7) is 3.22. The van der Waals surface area contributed by atoms with Crippen molar-refractivity contribution in [3.8, 4) is 5.75 Å². The summed E-state index contributed by atoms with van der Waals surface area (Å²) >= 11 is 1.64. The highest BCUT2D eigenvalue weighted by Gasteiger charge is 2.16. The number of hydrogen-bond acceptors (Lipinski definition) is 6. The van der Waals surface area contributed by atoms with Crippen LogP contribution in [-0.4, -0.2) is 22.1 Å². The molecule has 0 atom stereocenters. The molecule has 182 valence electrons. The highest BCUT2D eigenvalue weighted by Crippen LogP contribution is 2.29. The zero-order valence-electron chi connectivity index (χ0n) is 19.9. The summed E-state index contributed by atoms with van der Waals surface area (Å²) in [6.07, 6.45) is 1.67. The number of benzene rings is 3. The number of rotatable bonds is 10. The zero-order valence-corrected chi connectivity index (χ0v) is 20.7. The fraction of sp³-hybridized carbons (Fsp3) is 0.172. The van der Waals surface area contributed by atoms with Gasteiger partial charge in [0.2, 0.25) is 0 Å². The Morgan fingerprint density at radius 2 is 1.81 bits per heavy atom. The Balaban J connectivity index is 1.32. The van der Waals surface area contributed by atoms with Gasteiger partial charge in [0.25, 0.3) is 0 Å². The second kappa shape index (κ2) is 11.2. The molecule has 7 heteroatoms. The van der Waals surface area contributed by atoms with Crippen molar-refractivity contribution < 1.29 is 18.7 Å². The molecule has 0 amide bonds. The van der Waals surface area contributed by atoms with E-state index < -0.39 is 0 Å². The largest absolute Gasteiger partial charge is 0.489 e. The Morgan fingerprint density at radius 3 is 2.56 bits per heavy atom. The normalized spacial score (nSPS) is 11.0. The molecule has 6 nitrogen and oxygen atoms in total. The van der Waals surface area contributed by atoms with Crippen molar-refractivity contribution in [3.63, 3.8) is 0 Å². The standard InChI is InChI=1S/C29H26N2O4S/c1-2-33-28(32)23-12-15-27-26(17-23)30-29(31(27)18-25-9-6-16-34-25)36-20-22-10-13-24(14-11-22)35-19-21-7-4-3-5-8-21/h3-17H,2,18-20H2,1H3. The van der Waals surface area contributed by atoms with Gasteiger partial charge in [0.15, 0.2) is 5.16 Å². The van der Waals surface area contributed by atoms with Crippen LogP contribution in [0.25, 0.3) is 11.0 Å². The monoisotopic (exact) mass is 498 g/mol. The van der Waals surface area contributed by atoms with Gasteiger partial charge < -0.3 is 18.5 Å². The average Bonchev–Trinajstić information content (AvgIpc) is 3.55. The van der Waals surface area contributed by atoms with E-state index in [9.17, 15) is 4.79 Å². The molecule has 36 heavy (non-hydrogen) atoms. The summed E-state index contributed by atoms with van der Waals surface area (Å²) in [6, 6.07) is 27.6. The van der Waals surface area contributed by atoms with Gasteiger partial charge in [-0.05, 0) is 60.5 Å². The molecule has 0 spiro atoms. The minimum Gasteiger partial charge on any atom is -0.489 e. The summed E-state index contributed by atoms with van der Waals surface area (Å²) in [5.41, 5.74) is 4.48. The SMILES string of the molecule is CCOC(=O)c1ccc2c(c1)nc(SCc1ccc(OCc3ccccc3)cc1)n2Cc1ccco1. The lowest BCUT2D eigenvalue weighted by Gasteiger charge is -2.09. The fourth-order valence-corrected chi connectivity index (χ4v) is 4.81. The minimum atomic E-state index is -0.344. The molecule has 0 fully saturated rings. The highest BCUT2D eigenvalue weighted by molar-refractivity contribution is 7.98. The molecule has 0 saturated heterocycles. The first kappa shape index (κ1) is 23.8. The molecule has 0 aliphatic rings. The average molecular weight is 499 g/mol. The van der Waals surface area contributed by atoms with Crippen LogP contribution in [0.3, 0.4) is 0 Å². The number of carbonyl (C=O) groups excluding carboxylic acids is 1. The molecule has 5 aromatic rings. The topological polar surface area (TPSA) is 66.5 Å². The first-order valence-corrected chi connectivity index (χ1v) is 12.8. The van der Waals surface area contributed by atoms with Crippen LogP contribution in [0.15, 0.2) is 101 Å². The Hall–Kier alpha value is -3.97. The van der Waals surface area contributed by atoms with E-state index in [1.54, 1.807) is 37.1 Å². The Kier molecular flexibility index (Phi) is 7.38. The lowest BCUT2D eigenvalue weighted by molar-refractivity contribution is 0.0526. The Labute approximate surface area is 213 Å². The van der Waals surface area contributed by atoms with E-state index in [-0.39, 0.29) is 5.97 Å². The minimum absolute atomic E-state index is 0.334. The number of nitrogens with zero attached hydrogens (tertiary/aromatic N) is 2. The fourth-order valence-electron chi connectivity index (χ4n) is 3.84. The van der Waals surface area contributed by atoms with Crippen LogP contribution < -0.4 is 4.74 Å². The van der Waals surface area contributed by atoms with E-state index in [1.807, 2.05) is 48.5 Å². The highest BCUT2D eigenvalue weighted by atomic mass is 32.2. The molecule has 0 radical (unpaired) electrons. The number of hydrogen-bond donors (Lipinski definition) is 0. The van der Waals surface area contributed by atoms with Crippen LogP contribution >= 0.6 is 11.8 Å². The van der Waals surface area contributed by atoms with E-state index in [1.165, 1.54) is 0 Å². The number of aromatic nitrogens is 2. The predicted molar refractivity (Wildman–Crippen MR) is 140 cm³/mol. The van der Waals surface area contributed by atoms with Crippen LogP contribution in [0.5, 0.6) is 5.75 Å². The number of esters is 1. The third-order valence-electron chi connectivity index (χ3n) is 5.66. The van der Waals surface area contributed by atoms with Gasteiger partial charge in [0.1, 0.15) is 18.1 Å². The number of thioether (sulfide) groups is 1. The molecule has 3 aromatic carbocycles. The van der Waals surface area contributed by atoms with Crippen LogP contribution in [0.2, 0.25) is 0 Å². The zero-order chi connectivity index (χ0) is 24.7. The Bertz CT molecular complexity index is 1430. The van der Waals surface area contributed by atoms with E-state index >= 15 is 0 Å². The van der Waals surface area contributed by atoms with Crippen molar-refractivity contribution in [2.45, 2.75) is 31.0 Å². The van der Waals surface area contributed by atoms with Gasteiger partial charge in [-0.2, -0.15) is 0 Å². The predicted octanol–water partition coefficient (Wildman–Crippen LogP) is 6.73. The van der Waals surface area contributed by atoms with Crippen molar-refractivity contribution >= 4 is 28.8 Å². The van der Waals surface area contributed by atoms with E-state index in [2.05, 4.69) is 28.8 Å². The van der Waals surface area contributed by atoms with E-state index in [0.717, 1.165) is 44.6 Å². The van der Waals surface area contributed by atoms with Crippen LogP contribution in [-0.2, 0) is 23.6 Å². The van der Waals surface area contributed by atoms with Gasteiger partial charge in [-0.15, -0.1) is 0 Å². The summed E-state index contributed by atoms with van der Waals surface area (Å²) in [7, 11) is 0. The molecule has 0 unspecified atom stereocenters. The molecule has 5 rings (SSSR count). The third-order valence-corrected chi connectivity index (χ3v) is 6.71. The maximum Gasteiger partial charge on any atom is 0.338 e. The molecule has 2 heterocycles. The van der Waals surface area contributed by atoms with Crippen molar-refractivity contribution in [1.29, 1.82) is 0 Å². The van der Waals surface area contributed by atoms with Gasteiger partial charge in [-0.25, -0.2) is 9.78 Å². The molecule has 2 aromatic heterocycles. The first-order chi connectivity index (χ1) is 17.7. The Morgan fingerprint density at radius 1 is 0.972 bits per heavy atom. The van der Waals surface area contributed by atoms with Gasteiger partial charge in [-0.1, -0.05) is 54.2 Å². The van der Waals surface area contributed by atoms with E-state index in [4.69, 9.17) is 18.9 Å². The third kappa shape index (κ3) is 5.63. The molecule has 0 bridgehead atoms. The van der Waals surface area contributed by atoms with Gasteiger partial charge in [0, 0.05) is 5.75 Å². The second-order valence-corrected chi connectivity index (χ2v) is 9.13. The van der Waals surface area contributed by atoms with Gasteiger partial charge >= 0.3 is 5.97 Å². The first-order valence-electron chi connectivity index (χ1n) is 11.8. The summed E-state index contributed by atoms with van der Waals surface area (Å²) in [5, 5.41) is 0.854. The molecule has 0 saturated carbocycles. The lowest BCUT2D eigenvalue weighted by atomic mass is 10.2. The van der Waals surface area contributed by atoms with Crippen molar-refractivity contribution in [3.05, 3.63) is 114 Å². The quantitative estimate of drug-likeness (QED) is 0.157. The van der Waals surface area contributed by atoms with Crippen molar-refractivity contribution in [2.75, 3.05) is 6.61 Å². The van der Waals surface area contributed by atoms with E-state index in [0.29, 0.717) is 25.3 Å². The molecular formula is C29H26N2O4S. The molecule has 0 aliphatic heterocycles. The van der Waals surface area contributed by atoms with Gasteiger partial charge in [0.05, 0.1) is 36.0 Å². The summed E-state index contributed by atoms with van der Waals surface area (Å²) in [4.78, 5) is 17.1.